The Balaban J connectivity index is 2.04. The van der Waals surface area contributed by atoms with E-state index in [2.05, 4.69) is 22.0 Å². The van der Waals surface area contributed by atoms with E-state index < -0.39 is 0 Å². The largest absolute Gasteiger partial charge is 0.398 e. The lowest BCUT2D eigenvalue weighted by molar-refractivity contribution is 0.702. The van der Waals surface area contributed by atoms with Crippen LogP contribution in [0.1, 0.15) is 38.5 Å². The molecule has 0 aliphatic heterocycles. The number of anilines is 1. The van der Waals surface area contributed by atoms with Crippen molar-refractivity contribution in [3.63, 3.8) is 0 Å². The van der Waals surface area contributed by atoms with Crippen molar-refractivity contribution in [3.8, 4) is 0 Å². The van der Waals surface area contributed by atoms with Crippen molar-refractivity contribution in [2.45, 2.75) is 48.7 Å². The molecule has 16 heavy (non-hydrogen) atoms. The fourth-order valence-corrected chi connectivity index (χ4v) is 3.99. The van der Waals surface area contributed by atoms with Crippen LogP contribution in [0.4, 0.5) is 5.69 Å². The second-order valence-electron chi connectivity index (χ2n) is 4.41. The molecule has 0 spiro atoms. The van der Waals surface area contributed by atoms with Gasteiger partial charge in [0.1, 0.15) is 0 Å². The monoisotopic (exact) mass is 299 g/mol. The molecule has 0 saturated heterocycles. The van der Waals surface area contributed by atoms with E-state index in [1.807, 2.05) is 23.9 Å². The number of hydrogen-bond donors (Lipinski definition) is 1. The summed E-state index contributed by atoms with van der Waals surface area (Å²) in [6.45, 7) is 0. The molecular formula is C13H18BrNS. The zero-order valence-electron chi connectivity index (χ0n) is 9.42. The topological polar surface area (TPSA) is 26.0 Å². The predicted molar refractivity (Wildman–Crippen MR) is 75.9 cm³/mol. The quantitative estimate of drug-likeness (QED) is 0.624. The molecule has 0 radical (unpaired) electrons. The Morgan fingerprint density at radius 2 is 1.81 bits per heavy atom. The first-order chi connectivity index (χ1) is 7.75. The van der Waals surface area contributed by atoms with E-state index in [0.717, 1.165) is 15.4 Å². The van der Waals surface area contributed by atoms with Crippen molar-refractivity contribution in [2.24, 2.45) is 0 Å². The molecule has 88 valence electrons. The molecule has 1 nitrogen and oxygen atoms in total. The number of nitrogens with two attached hydrogens (primary N) is 1. The fourth-order valence-electron chi connectivity index (χ4n) is 2.15. The molecule has 0 bridgehead atoms. The van der Waals surface area contributed by atoms with Gasteiger partial charge in [0, 0.05) is 20.3 Å². The number of benzene rings is 1. The van der Waals surface area contributed by atoms with Crippen LogP contribution in [-0.2, 0) is 0 Å². The zero-order chi connectivity index (χ0) is 11.4. The van der Waals surface area contributed by atoms with Crippen LogP contribution < -0.4 is 5.73 Å². The summed E-state index contributed by atoms with van der Waals surface area (Å²) >= 11 is 5.47. The molecule has 1 aliphatic carbocycles. The van der Waals surface area contributed by atoms with Crippen LogP contribution in [0.15, 0.2) is 27.6 Å². The van der Waals surface area contributed by atoms with Gasteiger partial charge in [-0.2, -0.15) is 0 Å². The Kier molecular flexibility index (Phi) is 4.59. The summed E-state index contributed by atoms with van der Waals surface area (Å²) in [5.74, 6) is 0. The number of rotatable bonds is 2. The van der Waals surface area contributed by atoms with Gasteiger partial charge in [-0.1, -0.05) is 41.6 Å². The Bertz CT molecular complexity index is 346. The van der Waals surface area contributed by atoms with Crippen molar-refractivity contribution in [3.05, 3.63) is 22.7 Å². The van der Waals surface area contributed by atoms with E-state index >= 15 is 0 Å². The lowest BCUT2D eigenvalue weighted by atomic mass is 10.2. The van der Waals surface area contributed by atoms with Gasteiger partial charge in [-0.25, -0.2) is 0 Å². The summed E-state index contributed by atoms with van der Waals surface area (Å²) in [7, 11) is 0. The minimum Gasteiger partial charge on any atom is -0.398 e. The molecule has 3 heteroatoms. The van der Waals surface area contributed by atoms with Gasteiger partial charge in [0.05, 0.1) is 0 Å². The average molecular weight is 300 g/mol. The normalized spacial score (nSPS) is 18.3. The lowest BCUT2D eigenvalue weighted by Gasteiger charge is -2.15. The van der Waals surface area contributed by atoms with Gasteiger partial charge < -0.3 is 5.73 Å². The van der Waals surface area contributed by atoms with Gasteiger partial charge in [-0.15, -0.1) is 11.8 Å². The number of halogens is 1. The van der Waals surface area contributed by atoms with Crippen LogP contribution in [0.25, 0.3) is 0 Å². The van der Waals surface area contributed by atoms with Crippen LogP contribution in [0.5, 0.6) is 0 Å². The molecule has 1 aliphatic rings. The highest BCUT2D eigenvalue weighted by Gasteiger charge is 2.14. The van der Waals surface area contributed by atoms with Gasteiger partial charge in [-0.05, 0) is 31.0 Å². The maximum atomic E-state index is 6.00. The van der Waals surface area contributed by atoms with E-state index in [4.69, 9.17) is 5.73 Å². The van der Waals surface area contributed by atoms with Gasteiger partial charge >= 0.3 is 0 Å². The van der Waals surface area contributed by atoms with E-state index in [9.17, 15) is 0 Å². The first kappa shape index (κ1) is 12.3. The molecule has 1 aromatic carbocycles. The first-order valence-corrected chi connectivity index (χ1v) is 7.64. The summed E-state index contributed by atoms with van der Waals surface area (Å²) < 4.78 is 1.12. The third-order valence-corrected chi connectivity index (χ3v) is 4.98. The van der Waals surface area contributed by atoms with Crippen LogP contribution >= 0.6 is 27.7 Å². The van der Waals surface area contributed by atoms with Gasteiger partial charge in [0.25, 0.3) is 0 Å². The third kappa shape index (κ3) is 3.42. The summed E-state index contributed by atoms with van der Waals surface area (Å²) in [5.41, 5.74) is 6.92. The van der Waals surface area contributed by atoms with E-state index in [1.54, 1.807) is 0 Å². The maximum absolute atomic E-state index is 6.00. The van der Waals surface area contributed by atoms with Crippen molar-refractivity contribution >= 4 is 33.4 Å². The first-order valence-electron chi connectivity index (χ1n) is 5.97. The van der Waals surface area contributed by atoms with Gasteiger partial charge in [0.15, 0.2) is 0 Å². The highest BCUT2D eigenvalue weighted by molar-refractivity contribution is 9.10. The fraction of sp³-hybridized carbons (Fsp3) is 0.538. The molecule has 1 aromatic rings. The maximum Gasteiger partial charge on any atom is 0.0453 e. The molecule has 0 aromatic heterocycles. The molecule has 0 atom stereocenters. The Labute approximate surface area is 110 Å². The Morgan fingerprint density at radius 3 is 2.50 bits per heavy atom. The second-order valence-corrected chi connectivity index (χ2v) is 6.67. The molecule has 0 amide bonds. The second kappa shape index (κ2) is 5.97. The molecular weight excluding hydrogens is 282 g/mol. The molecule has 1 fully saturated rings. The number of nitrogen functional groups attached to an aromatic ring is 1. The van der Waals surface area contributed by atoms with Crippen LogP contribution in [0.2, 0.25) is 0 Å². The standard InChI is InChI=1S/C13H18BrNS/c14-10-7-8-12(15)13(9-10)16-11-5-3-1-2-4-6-11/h7-9,11H,1-6,15H2. The lowest BCUT2D eigenvalue weighted by Crippen LogP contribution is -2.01. The van der Waals surface area contributed by atoms with E-state index in [-0.39, 0.29) is 0 Å². The van der Waals surface area contributed by atoms with E-state index in [1.165, 1.54) is 43.4 Å². The summed E-state index contributed by atoms with van der Waals surface area (Å²) in [6.07, 6.45) is 8.26. The minimum absolute atomic E-state index is 0.763. The van der Waals surface area contributed by atoms with Gasteiger partial charge in [-0.3, -0.25) is 0 Å². The van der Waals surface area contributed by atoms with Crippen molar-refractivity contribution in [2.75, 3.05) is 5.73 Å². The van der Waals surface area contributed by atoms with Crippen LogP contribution in [-0.4, -0.2) is 5.25 Å². The number of thioether (sulfide) groups is 1. The van der Waals surface area contributed by atoms with E-state index in [0.29, 0.717) is 0 Å². The summed E-state index contributed by atoms with van der Waals surface area (Å²) in [4.78, 5) is 1.24. The highest BCUT2D eigenvalue weighted by atomic mass is 79.9. The van der Waals surface area contributed by atoms with Crippen molar-refractivity contribution < 1.29 is 0 Å². The van der Waals surface area contributed by atoms with Crippen molar-refractivity contribution in [1.82, 2.24) is 0 Å². The molecule has 2 N–H and O–H groups in total. The summed E-state index contributed by atoms with van der Waals surface area (Å²) in [6, 6.07) is 6.14. The van der Waals surface area contributed by atoms with Crippen LogP contribution in [0.3, 0.4) is 0 Å². The summed E-state index contributed by atoms with van der Waals surface area (Å²) in [5, 5.41) is 0.763. The SMILES string of the molecule is Nc1ccc(Br)cc1SC1CCCCCC1. The smallest absolute Gasteiger partial charge is 0.0453 e. The molecule has 1 saturated carbocycles. The van der Waals surface area contributed by atoms with Gasteiger partial charge in [0.2, 0.25) is 0 Å². The molecule has 0 heterocycles. The Hall–Kier alpha value is -0.150. The predicted octanol–water partition coefficient (Wildman–Crippen LogP) is 4.85. The average Bonchev–Trinajstić information content (AvgIpc) is 2.52. The molecule has 0 unspecified atom stereocenters. The number of hydrogen-bond acceptors (Lipinski definition) is 2. The highest BCUT2D eigenvalue weighted by Crippen LogP contribution is 2.36. The third-order valence-electron chi connectivity index (χ3n) is 3.07. The van der Waals surface area contributed by atoms with Crippen LogP contribution in [0, 0.1) is 0 Å². The Morgan fingerprint density at radius 1 is 1.12 bits per heavy atom. The van der Waals surface area contributed by atoms with Crippen molar-refractivity contribution in [1.29, 1.82) is 0 Å². The zero-order valence-corrected chi connectivity index (χ0v) is 11.8. The molecule has 2 rings (SSSR count). The minimum atomic E-state index is 0.763.